The monoisotopic (exact) mass is 386 g/mol. The molecule has 0 aromatic heterocycles. The minimum absolute atomic E-state index is 0.224. The molecule has 0 radical (unpaired) electrons. The zero-order chi connectivity index (χ0) is 17.2. The molecule has 24 heavy (non-hydrogen) atoms. The Morgan fingerprint density at radius 3 is 2.25 bits per heavy atom. The van der Waals surface area contributed by atoms with Crippen molar-refractivity contribution in [1.29, 1.82) is 0 Å². The van der Waals surface area contributed by atoms with Gasteiger partial charge in [-0.25, -0.2) is 0 Å². The van der Waals surface area contributed by atoms with Crippen LogP contribution in [0.25, 0.3) is 0 Å². The number of benzene rings is 2. The number of carbonyl (C=O) groups is 2. The Kier molecular flexibility index (Phi) is 4.71. The Morgan fingerprint density at radius 2 is 1.62 bits per heavy atom. The van der Waals surface area contributed by atoms with Crippen molar-refractivity contribution in [2.24, 2.45) is 5.41 Å². The van der Waals surface area contributed by atoms with E-state index in [1.54, 1.807) is 0 Å². The second-order valence-electron chi connectivity index (χ2n) is 6.01. The van der Waals surface area contributed by atoms with E-state index < -0.39 is 5.41 Å². The number of aryl methyl sites for hydroxylation is 1. The lowest BCUT2D eigenvalue weighted by Gasteiger charge is -2.17. The van der Waals surface area contributed by atoms with Crippen LogP contribution in [0.5, 0.6) is 0 Å². The van der Waals surface area contributed by atoms with E-state index in [-0.39, 0.29) is 11.8 Å². The van der Waals surface area contributed by atoms with Gasteiger partial charge in [0.1, 0.15) is 5.41 Å². The van der Waals surface area contributed by atoms with E-state index in [9.17, 15) is 9.59 Å². The molecule has 5 heteroatoms. The molecule has 3 rings (SSSR count). The maximum absolute atomic E-state index is 12.7. The van der Waals surface area contributed by atoms with E-state index in [2.05, 4.69) is 26.6 Å². The van der Waals surface area contributed by atoms with Gasteiger partial charge in [-0.05, 0) is 55.2 Å². The number of carbonyl (C=O) groups excluding carboxylic acids is 2. The molecule has 2 N–H and O–H groups in total. The lowest BCUT2D eigenvalue weighted by atomic mass is 10.0. The quantitative estimate of drug-likeness (QED) is 0.749. The first-order chi connectivity index (χ1) is 11.5. The first-order valence-electron chi connectivity index (χ1n) is 8.01. The predicted octanol–water partition coefficient (Wildman–Crippen LogP) is 4.37. The second kappa shape index (κ2) is 6.77. The van der Waals surface area contributed by atoms with E-state index in [0.717, 1.165) is 22.1 Å². The summed E-state index contributed by atoms with van der Waals surface area (Å²) in [6.45, 7) is 2.04. The topological polar surface area (TPSA) is 58.2 Å². The Bertz CT molecular complexity index is 767. The van der Waals surface area contributed by atoms with Gasteiger partial charge >= 0.3 is 0 Å². The van der Waals surface area contributed by atoms with Crippen LogP contribution in [0.1, 0.15) is 25.3 Å². The van der Waals surface area contributed by atoms with Gasteiger partial charge in [-0.1, -0.05) is 41.1 Å². The normalized spacial score (nSPS) is 14.8. The second-order valence-corrected chi connectivity index (χ2v) is 6.92. The molecule has 0 spiro atoms. The average molecular weight is 387 g/mol. The SMILES string of the molecule is CCc1ccccc1NC(=O)C1(C(=O)Nc2ccc(Br)cc2)CC1. The minimum atomic E-state index is -0.950. The van der Waals surface area contributed by atoms with Gasteiger partial charge in [-0.2, -0.15) is 0 Å². The first kappa shape index (κ1) is 16.7. The predicted molar refractivity (Wildman–Crippen MR) is 98.9 cm³/mol. The van der Waals surface area contributed by atoms with Crippen LogP contribution < -0.4 is 10.6 Å². The summed E-state index contributed by atoms with van der Waals surface area (Å²) >= 11 is 3.36. The number of amides is 2. The van der Waals surface area contributed by atoms with E-state index >= 15 is 0 Å². The number of nitrogens with one attached hydrogen (secondary N) is 2. The molecule has 1 aliphatic rings. The smallest absolute Gasteiger partial charge is 0.240 e. The lowest BCUT2D eigenvalue weighted by molar-refractivity contribution is -0.131. The maximum Gasteiger partial charge on any atom is 0.240 e. The van der Waals surface area contributed by atoms with Crippen LogP contribution in [0.4, 0.5) is 11.4 Å². The molecule has 1 aliphatic carbocycles. The first-order valence-corrected chi connectivity index (χ1v) is 8.81. The fourth-order valence-electron chi connectivity index (χ4n) is 2.66. The van der Waals surface area contributed by atoms with Gasteiger partial charge in [0.15, 0.2) is 0 Å². The molecular weight excluding hydrogens is 368 g/mol. The van der Waals surface area contributed by atoms with Crippen LogP contribution in [0.2, 0.25) is 0 Å². The number of anilines is 2. The number of halogens is 1. The van der Waals surface area contributed by atoms with Gasteiger partial charge in [-0.3, -0.25) is 9.59 Å². The molecule has 124 valence electrons. The van der Waals surface area contributed by atoms with Crippen LogP contribution in [-0.2, 0) is 16.0 Å². The lowest BCUT2D eigenvalue weighted by Crippen LogP contribution is -2.35. The molecular formula is C19H19BrN2O2. The summed E-state index contributed by atoms with van der Waals surface area (Å²) in [5.41, 5.74) is 1.59. The molecule has 0 aliphatic heterocycles. The van der Waals surface area contributed by atoms with E-state index in [1.807, 2.05) is 55.5 Å². The largest absolute Gasteiger partial charge is 0.325 e. The molecule has 2 aromatic rings. The van der Waals surface area contributed by atoms with E-state index in [4.69, 9.17) is 0 Å². The van der Waals surface area contributed by atoms with Crippen LogP contribution in [0, 0.1) is 5.41 Å². The van der Waals surface area contributed by atoms with Gasteiger partial charge in [0.2, 0.25) is 11.8 Å². The number of rotatable bonds is 5. The van der Waals surface area contributed by atoms with Gasteiger partial charge in [0, 0.05) is 15.8 Å². The molecule has 0 saturated heterocycles. The Hall–Kier alpha value is -2.14. The molecule has 1 fully saturated rings. The summed E-state index contributed by atoms with van der Waals surface area (Å²) in [4.78, 5) is 25.3. The molecule has 2 amide bonds. The van der Waals surface area contributed by atoms with Crippen molar-refractivity contribution in [1.82, 2.24) is 0 Å². The van der Waals surface area contributed by atoms with Gasteiger partial charge in [-0.15, -0.1) is 0 Å². The van der Waals surface area contributed by atoms with Crippen molar-refractivity contribution in [2.75, 3.05) is 10.6 Å². The Balaban J connectivity index is 1.71. The minimum Gasteiger partial charge on any atom is -0.325 e. The zero-order valence-electron chi connectivity index (χ0n) is 13.4. The number of hydrogen-bond donors (Lipinski definition) is 2. The summed E-state index contributed by atoms with van der Waals surface area (Å²) in [5, 5.41) is 5.78. The van der Waals surface area contributed by atoms with E-state index in [0.29, 0.717) is 18.5 Å². The summed E-state index contributed by atoms with van der Waals surface area (Å²) in [7, 11) is 0. The van der Waals surface area contributed by atoms with Crippen molar-refractivity contribution in [2.45, 2.75) is 26.2 Å². The Labute approximate surface area is 149 Å². The average Bonchev–Trinajstić information content (AvgIpc) is 3.39. The van der Waals surface area contributed by atoms with Crippen molar-refractivity contribution in [3.05, 3.63) is 58.6 Å². The van der Waals surface area contributed by atoms with Crippen LogP contribution in [-0.4, -0.2) is 11.8 Å². The highest BCUT2D eigenvalue weighted by molar-refractivity contribution is 9.10. The third-order valence-electron chi connectivity index (χ3n) is 4.37. The summed E-state index contributed by atoms with van der Waals surface area (Å²) in [5.74, 6) is -0.464. The van der Waals surface area contributed by atoms with Crippen LogP contribution >= 0.6 is 15.9 Å². The highest BCUT2D eigenvalue weighted by Gasteiger charge is 2.56. The van der Waals surface area contributed by atoms with Gasteiger partial charge in [0.25, 0.3) is 0 Å². The summed E-state index contributed by atoms with van der Waals surface area (Å²) in [6, 6.07) is 15.0. The highest BCUT2D eigenvalue weighted by atomic mass is 79.9. The highest BCUT2D eigenvalue weighted by Crippen LogP contribution is 2.47. The van der Waals surface area contributed by atoms with E-state index in [1.165, 1.54) is 0 Å². The molecule has 0 unspecified atom stereocenters. The zero-order valence-corrected chi connectivity index (χ0v) is 15.0. The van der Waals surface area contributed by atoms with Crippen molar-refractivity contribution >= 4 is 39.1 Å². The molecule has 0 atom stereocenters. The molecule has 0 bridgehead atoms. The Morgan fingerprint density at radius 1 is 1.00 bits per heavy atom. The molecule has 4 nitrogen and oxygen atoms in total. The molecule has 0 heterocycles. The fraction of sp³-hybridized carbons (Fsp3) is 0.263. The summed E-state index contributed by atoms with van der Waals surface area (Å²) < 4.78 is 0.940. The van der Waals surface area contributed by atoms with Crippen molar-refractivity contribution in [3.8, 4) is 0 Å². The fourth-order valence-corrected chi connectivity index (χ4v) is 2.92. The number of para-hydroxylation sites is 1. The summed E-state index contributed by atoms with van der Waals surface area (Å²) in [6.07, 6.45) is 1.99. The third-order valence-corrected chi connectivity index (χ3v) is 4.90. The van der Waals surface area contributed by atoms with Crippen LogP contribution in [0.3, 0.4) is 0 Å². The standard InChI is InChI=1S/C19H19BrN2O2/c1-2-13-5-3-4-6-16(13)22-18(24)19(11-12-19)17(23)21-15-9-7-14(20)8-10-15/h3-10H,2,11-12H2,1H3,(H,21,23)(H,22,24). The number of hydrogen-bond acceptors (Lipinski definition) is 2. The third kappa shape index (κ3) is 3.36. The molecule has 2 aromatic carbocycles. The van der Waals surface area contributed by atoms with Crippen LogP contribution in [0.15, 0.2) is 53.0 Å². The van der Waals surface area contributed by atoms with Gasteiger partial charge < -0.3 is 10.6 Å². The maximum atomic E-state index is 12.7. The van der Waals surface area contributed by atoms with Crippen molar-refractivity contribution < 1.29 is 9.59 Å². The van der Waals surface area contributed by atoms with Crippen molar-refractivity contribution in [3.63, 3.8) is 0 Å². The van der Waals surface area contributed by atoms with Gasteiger partial charge in [0.05, 0.1) is 0 Å². The molecule has 1 saturated carbocycles.